The Hall–Kier alpha value is -0.120. The van der Waals surface area contributed by atoms with Gasteiger partial charge in [-0.05, 0) is 20.3 Å². The zero-order valence-corrected chi connectivity index (χ0v) is 7.82. The largest absolute Gasteiger partial charge is 0.391 e. The lowest BCUT2D eigenvalue weighted by atomic mass is 10.1. The van der Waals surface area contributed by atoms with Crippen molar-refractivity contribution in [1.82, 2.24) is 0 Å². The molecule has 1 fully saturated rings. The van der Waals surface area contributed by atoms with Crippen LogP contribution in [0.4, 0.5) is 0 Å². The van der Waals surface area contributed by atoms with Crippen LogP contribution >= 0.6 is 0 Å². The van der Waals surface area contributed by atoms with Crippen molar-refractivity contribution in [2.75, 3.05) is 19.8 Å². The minimum absolute atomic E-state index is 0.0643. The molecular formula is C9H18O3. The first-order valence-corrected chi connectivity index (χ1v) is 4.57. The van der Waals surface area contributed by atoms with Gasteiger partial charge in [0.2, 0.25) is 0 Å². The van der Waals surface area contributed by atoms with Gasteiger partial charge in [0.1, 0.15) is 0 Å². The highest BCUT2D eigenvalue weighted by molar-refractivity contribution is 4.65. The molecule has 0 saturated carbocycles. The van der Waals surface area contributed by atoms with Crippen molar-refractivity contribution in [2.45, 2.75) is 32.5 Å². The number of ether oxygens (including phenoxy) is 2. The van der Waals surface area contributed by atoms with E-state index in [0.717, 1.165) is 19.6 Å². The van der Waals surface area contributed by atoms with E-state index >= 15 is 0 Å². The average molecular weight is 174 g/mol. The van der Waals surface area contributed by atoms with E-state index in [1.165, 1.54) is 0 Å². The highest BCUT2D eigenvalue weighted by Crippen LogP contribution is 2.13. The first-order chi connectivity index (χ1) is 5.70. The molecule has 1 heterocycles. The monoisotopic (exact) mass is 174 g/mol. The van der Waals surface area contributed by atoms with Crippen LogP contribution in [0.25, 0.3) is 0 Å². The van der Waals surface area contributed by atoms with Crippen LogP contribution in [0.2, 0.25) is 0 Å². The van der Waals surface area contributed by atoms with E-state index in [9.17, 15) is 0 Å². The summed E-state index contributed by atoms with van der Waals surface area (Å²) in [6.45, 7) is 6.02. The summed E-state index contributed by atoms with van der Waals surface area (Å²) < 4.78 is 10.7. The van der Waals surface area contributed by atoms with Crippen LogP contribution in [-0.2, 0) is 9.47 Å². The lowest BCUT2D eigenvalue weighted by Gasteiger charge is -2.17. The second kappa shape index (κ2) is 4.80. The van der Waals surface area contributed by atoms with Crippen LogP contribution in [0.5, 0.6) is 0 Å². The van der Waals surface area contributed by atoms with Gasteiger partial charge in [-0.3, -0.25) is 0 Å². The summed E-state index contributed by atoms with van der Waals surface area (Å²) in [5.74, 6) is 0.534. The molecule has 0 amide bonds. The van der Waals surface area contributed by atoms with Gasteiger partial charge in [-0.2, -0.15) is 0 Å². The van der Waals surface area contributed by atoms with Crippen molar-refractivity contribution in [3.63, 3.8) is 0 Å². The van der Waals surface area contributed by atoms with Crippen molar-refractivity contribution in [3.8, 4) is 0 Å². The number of aliphatic hydroxyl groups is 1. The van der Waals surface area contributed by atoms with Crippen LogP contribution in [0.1, 0.15) is 20.3 Å². The Morgan fingerprint density at radius 2 is 2.33 bits per heavy atom. The van der Waals surface area contributed by atoms with Crippen LogP contribution < -0.4 is 0 Å². The van der Waals surface area contributed by atoms with Gasteiger partial charge in [0.25, 0.3) is 0 Å². The van der Waals surface area contributed by atoms with E-state index in [2.05, 4.69) is 0 Å². The molecule has 2 unspecified atom stereocenters. The Kier molecular flexibility index (Phi) is 3.98. The number of rotatable bonds is 4. The Labute approximate surface area is 73.7 Å². The fraction of sp³-hybridized carbons (Fsp3) is 1.00. The molecular weight excluding hydrogens is 156 g/mol. The summed E-state index contributed by atoms with van der Waals surface area (Å²) in [6, 6.07) is 0. The molecule has 3 heteroatoms. The third-order valence-corrected chi connectivity index (χ3v) is 2.30. The van der Waals surface area contributed by atoms with Crippen molar-refractivity contribution in [2.24, 2.45) is 5.92 Å². The van der Waals surface area contributed by atoms with Gasteiger partial charge in [0, 0.05) is 12.5 Å². The molecule has 1 N–H and O–H groups in total. The predicted molar refractivity (Wildman–Crippen MR) is 46.0 cm³/mol. The van der Waals surface area contributed by atoms with Crippen molar-refractivity contribution < 1.29 is 14.6 Å². The number of hydrogen-bond acceptors (Lipinski definition) is 3. The van der Waals surface area contributed by atoms with Gasteiger partial charge < -0.3 is 14.6 Å². The normalized spacial score (nSPS) is 28.8. The molecule has 0 aromatic carbocycles. The van der Waals surface area contributed by atoms with Gasteiger partial charge in [-0.1, -0.05) is 0 Å². The van der Waals surface area contributed by atoms with E-state index in [-0.39, 0.29) is 12.2 Å². The summed E-state index contributed by atoms with van der Waals surface area (Å²) in [7, 11) is 0. The summed E-state index contributed by atoms with van der Waals surface area (Å²) in [6.07, 6.45) is 0.643. The van der Waals surface area contributed by atoms with Crippen molar-refractivity contribution in [3.05, 3.63) is 0 Å². The first kappa shape index (κ1) is 9.96. The van der Waals surface area contributed by atoms with Gasteiger partial charge >= 0.3 is 0 Å². The highest BCUT2D eigenvalue weighted by Gasteiger charge is 2.18. The molecule has 72 valence electrons. The maximum absolute atomic E-state index is 9.14. The minimum atomic E-state index is -0.382. The molecule has 0 radical (unpaired) electrons. The van der Waals surface area contributed by atoms with Crippen LogP contribution in [0.15, 0.2) is 0 Å². The van der Waals surface area contributed by atoms with E-state index in [1.54, 1.807) is 6.92 Å². The van der Waals surface area contributed by atoms with Gasteiger partial charge in [0.15, 0.2) is 0 Å². The minimum Gasteiger partial charge on any atom is -0.391 e. The Balaban J connectivity index is 2.07. The summed E-state index contributed by atoms with van der Waals surface area (Å²) in [5.41, 5.74) is 0. The molecule has 1 rings (SSSR count). The smallest absolute Gasteiger partial charge is 0.0803 e. The molecule has 1 aliphatic heterocycles. The summed E-state index contributed by atoms with van der Waals surface area (Å²) in [4.78, 5) is 0. The van der Waals surface area contributed by atoms with E-state index < -0.39 is 0 Å². The summed E-state index contributed by atoms with van der Waals surface area (Å²) >= 11 is 0. The Bertz CT molecular complexity index is 117. The molecule has 3 nitrogen and oxygen atoms in total. The standard InChI is InChI=1S/C9H18O3/c1-7(10)8(2)12-6-9-3-4-11-5-9/h7-10H,3-6H2,1-2H3/t7-,8?,9?/m1/s1. The molecule has 1 saturated heterocycles. The van der Waals surface area contributed by atoms with E-state index in [0.29, 0.717) is 12.5 Å². The molecule has 0 spiro atoms. The fourth-order valence-electron chi connectivity index (χ4n) is 1.14. The second-order valence-corrected chi connectivity index (χ2v) is 3.51. The zero-order valence-electron chi connectivity index (χ0n) is 7.82. The van der Waals surface area contributed by atoms with Crippen molar-refractivity contribution in [1.29, 1.82) is 0 Å². The van der Waals surface area contributed by atoms with E-state index in [4.69, 9.17) is 14.6 Å². The van der Waals surface area contributed by atoms with Crippen LogP contribution in [-0.4, -0.2) is 37.1 Å². The quantitative estimate of drug-likeness (QED) is 0.685. The molecule has 12 heavy (non-hydrogen) atoms. The average Bonchev–Trinajstić information content (AvgIpc) is 2.51. The Morgan fingerprint density at radius 3 is 2.83 bits per heavy atom. The Morgan fingerprint density at radius 1 is 1.58 bits per heavy atom. The molecule has 3 atom stereocenters. The molecule has 0 aliphatic carbocycles. The van der Waals surface area contributed by atoms with Crippen LogP contribution in [0.3, 0.4) is 0 Å². The zero-order chi connectivity index (χ0) is 8.97. The SMILES string of the molecule is CC(OCC1CCOC1)[C@@H](C)O. The number of hydrogen-bond donors (Lipinski definition) is 1. The number of aliphatic hydroxyl groups excluding tert-OH is 1. The molecule has 0 aromatic heterocycles. The lowest BCUT2D eigenvalue weighted by molar-refractivity contribution is -0.0324. The first-order valence-electron chi connectivity index (χ1n) is 4.57. The van der Waals surface area contributed by atoms with Crippen molar-refractivity contribution >= 4 is 0 Å². The maximum atomic E-state index is 9.14. The topological polar surface area (TPSA) is 38.7 Å². The van der Waals surface area contributed by atoms with Gasteiger partial charge in [-0.15, -0.1) is 0 Å². The third kappa shape index (κ3) is 3.09. The van der Waals surface area contributed by atoms with Gasteiger partial charge in [-0.25, -0.2) is 0 Å². The van der Waals surface area contributed by atoms with Crippen LogP contribution in [0, 0.1) is 5.92 Å². The lowest BCUT2D eigenvalue weighted by Crippen LogP contribution is -2.25. The molecule has 0 bridgehead atoms. The van der Waals surface area contributed by atoms with Gasteiger partial charge in [0.05, 0.1) is 25.4 Å². The second-order valence-electron chi connectivity index (χ2n) is 3.51. The fourth-order valence-corrected chi connectivity index (χ4v) is 1.14. The molecule has 0 aromatic rings. The predicted octanol–water partition coefficient (Wildman–Crippen LogP) is 0.809. The highest BCUT2D eigenvalue weighted by atomic mass is 16.5. The van der Waals surface area contributed by atoms with E-state index in [1.807, 2.05) is 6.92 Å². The summed E-state index contributed by atoms with van der Waals surface area (Å²) in [5, 5.41) is 9.14. The molecule has 1 aliphatic rings. The maximum Gasteiger partial charge on any atom is 0.0803 e. The third-order valence-electron chi connectivity index (χ3n) is 2.30.